The molecule has 1 aliphatic rings. The monoisotopic (exact) mass is 264 g/mol. The Kier molecular flexibility index (Phi) is 4.42. The zero-order valence-electron chi connectivity index (χ0n) is 12.3. The Bertz CT molecular complexity index is 432. The van der Waals surface area contributed by atoms with Crippen molar-refractivity contribution in [3.63, 3.8) is 0 Å². The van der Waals surface area contributed by atoms with Gasteiger partial charge in [-0.15, -0.1) is 0 Å². The van der Waals surface area contributed by atoms with E-state index in [1.54, 1.807) is 0 Å². The number of ether oxygens (including phenoxy) is 2. The predicted octanol–water partition coefficient (Wildman–Crippen LogP) is 2.45. The van der Waals surface area contributed by atoms with Crippen LogP contribution < -0.4 is 10.1 Å². The second-order valence-corrected chi connectivity index (χ2v) is 5.78. The predicted molar refractivity (Wildman–Crippen MR) is 75.4 cm³/mol. The molecular formula is C15H24N2O2. The van der Waals surface area contributed by atoms with E-state index in [9.17, 15) is 0 Å². The van der Waals surface area contributed by atoms with Gasteiger partial charge in [-0.05, 0) is 52.8 Å². The van der Waals surface area contributed by atoms with Gasteiger partial charge in [0.15, 0.2) is 0 Å². The molecule has 0 amide bonds. The highest BCUT2D eigenvalue weighted by Gasteiger charge is 2.32. The van der Waals surface area contributed by atoms with Gasteiger partial charge in [0.05, 0.1) is 17.4 Å². The van der Waals surface area contributed by atoms with Crippen molar-refractivity contribution in [2.75, 3.05) is 13.7 Å². The standard InChI is InChI=1S/C15H24N2O2/c1-11-5-6-14(13(17-11)9-16-4)18-10-12-7-8-15(2,3)19-12/h5-6,12,16H,7-10H2,1-4H3. The molecule has 0 aromatic carbocycles. The normalized spacial score (nSPS) is 21.6. The fourth-order valence-corrected chi connectivity index (χ4v) is 2.40. The number of hydrogen-bond donors (Lipinski definition) is 1. The number of hydrogen-bond acceptors (Lipinski definition) is 4. The summed E-state index contributed by atoms with van der Waals surface area (Å²) < 4.78 is 11.8. The molecule has 2 heterocycles. The fourth-order valence-electron chi connectivity index (χ4n) is 2.40. The van der Waals surface area contributed by atoms with Gasteiger partial charge >= 0.3 is 0 Å². The van der Waals surface area contributed by atoms with Gasteiger partial charge in [0.25, 0.3) is 0 Å². The van der Waals surface area contributed by atoms with Crippen LogP contribution in [0.4, 0.5) is 0 Å². The van der Waals surface area contributed by atoms with Crippen LogP contribution in [-0.4, -0.2) is 30.3 Å². The molecule has 4 heteroatoms. The number of aryl methyl sites for hydroxylation is 1. The van der Waals surface area contributed by atoms with Crippen molar-refractivity contribution >= 4 is 0 Å². The first kappa shape index (κ1) is 14.3. The van der Waals surface area contributed by atoms with E-state index >= 15 is 0 Å². The van der Waals surface area contributed by atoms with Crippen molar-refractivity contribution in [1.29, 1.82) is 0 Å². The molecule has 2 rings (SSSR count). The average Bonchev–Trinajstić information content (AvgIpc) is 2.68. The summed E-state index contributed by atoms with van der Waals surface area (Å²) >= 11 is 0. The van der Waals surface area contributed by atoms with Crippen LogP contribution in [0.15, 0.2) is 12.1 Å². The van der Waals surface area contributed by atoms with Gasteiger partial charge in [0.2, 0.25) is 0 Å². The number of nitrogens with one attached hydrogen (secondary N) is 1. The minimum atomic E-state index is -0.00659. The van der Waals surface area contributed by atoms with E-state index in [-0.39, 0.29) is 11.7 Å². The highest BCUT2D eigenvalue weighted by molar-refractivity contribution is 5.29. The van der Waals surface area contributed by atoms with Crippen molar-refractivity contribution in [3.8, 4) is 5.75 Å². The highest BCUT2D eigenvalue weighted by Crippen LogP contribution is 2.30. The number of aromatic nitrogens is 1. The van der Waals surface area contributed by atoms with Crippen LogP contribution in [0.2, 0.25) is 0 Å². The Morgan fingerprint density at radius 1 is 1.47 bits per heavy atom. The van der Waals surface area contributed by atoms with Gasteiger partial charge in [0.1, 0.15) is 12.4 Å². The molecule has 1 aliphatic heterocycles. The van der Waals surface area contributed by atoms with Gasteiger partial charge in [-0.3, -0.25) is 4.98 Å². The lowest BCUT2D eigenvalue weighted by Crippen LogP contribution is -2.24. The van der Waals surface area contributed by atoms with Crippen LogP contribution in [-0.2, 0) is 11.3 Å². The topological polar surface area (TPSA) is 43.4 Å². The molecule has 106 valence electrons. The van der Waals surface area contributed by atoms with E-state index in [2.05, 4.69) is 24.1 Å². The van der Waals surface area contributed by atoms with Crippen molar-refractivity contribution in [2.45, 2.75) is 51.9 Å². The summed E-state index contributed by atoms with van der Waals surface area (Å²) in [6, 6.07) is 3.98. The molecule has 0 aliphatic carbocycles. The fraction of sp³-hybridized carbons (Fsp3) is 0.667. The van der Waals surface area contributed by atoms with Crippen LogP contribution >= 0.6 is 0 Å². The lowest BCUT2D eigenvalue weighted by atomic mass is 10.1. The third kappa shape index (κ3) is 3.91. The summed E-state index contributed by atoms with van der Waals surface area (Å²) in [6.45, 7) is 7.57. The maximum absolute atomic E-state index is 5.93. The summed E-state index contributed by atoms with van der Waals surface area (Å²) in [5.41, 5.74) is 1.96. The number of rotatable bonds is 5. The van der Waals surface area contributed by atoms with Crippen LogP contribution in [0.3, 0.4) is 0 Å². The number of nitrogens with zero attached hydrogens (tertiary/aromatic N) is 1. The first-order valence-electron chi connectivity index (χ1n) is 6.92. The zero-order valence-corrected chi connectivity index (χ0v) is 12.3. The summed E-state index contributed by atoms with van der Waals surface area (Å²) in [4.78, 5) is 4.51. The van der Waals surface area contributed by atoms with E-state index < -0.39 is 0 Å². The van der Waals surface area contributed by atoms with Gasteiger partial charge in [-0.2, -0.15) is 0 Å². The molecule has 1 aromatic rings. The first-order chi connectivity index (χ1) is 9.00. The van der Waals surface area contributed by atoms with Gasteiger partial charge in [-0.1, -0.05) is 0 Å². The molecule has 1 fully saturated rings. The van der Waals surface area contributed by atoms with E-state index in [0.717, 1.165) is 30.0 Å². The summed E-state index contributed by atoms with van der Waals surface area (Å²) in [5.74, 6) is 0.855. The Morgan fingerprint density at radius 2 is 2.26 bits per heavy atom. The van der Waals surface area contributed by atoms with Crippen LogP contribution in [0, 0.1) is 6.92 Å². The van der Waals surface area contributed by atoms with Gasteiger partial charge in [-0.25, -0.2) is 0 Å². The number of pyridine rings is 1. The molecule has 1 saturated heterocycles. The van der Waals surface area contributed by atoms with E-state index in [0.29, 0.717) is 13.2 Å². The van der Waals surface area contributed by atoms with E-state index in [4.69, 9.17) is 9.47 Å². The van der Waals surface area contributed by atoms with E-state index in [1.165, 1.54) is 0 Å². The molecule has 0 spiro atoms. The average molecular weight is 264 g/mol. The maximum atomic E-state index is 5.93. The van der Waals surface area contributed by atoms with Crippen LogP contribution in [0.25, 0.3) is 0 Å². The molecule has 1 atom stereocenters. The van der Waals surface area contributed by atoms with Crippen LogP contribution in [0.1, 0.15) is 38.1 Å². The zero-order chi connectivity index (χ0) is 13.9. The molecule has 0 bridgehead atoms. The summed E-state index contributed by atoms with van der Waals surface area (Å²) in [5, 5.41) is 3.12. The second kappa shape index (κ2) is 5.88. The smallest absolute Gasteiger partial charge is 0.142 e. The minimum Gasteiger partial charge on any atom is -0.489 e. The van der Waals surface area contributed by atoms with E-state index in [1.807, 2.05) is 26.1 Å². The van der Waals surface area contributed by atoms with Gasteiger partial charge in [0, 0.05) is 12.2 Å². The third-order valence-corrected chi connectivity index (χ3v) is 3.39. The van der Waals surface area contributed by atoms with Crippen molar-refractivity contribution in [3.05, 3.63) is 23.5 Å². The van der Waals surface area contributed by atoms with Crippen molar-refractivity contribution in [1.82, 2.24) is 10.3 Å². The quantitative estimate of drug-likeness (QED) is 0.887. The molecule has 1 N–H and O–H groups in total. The summed E-state index contributed by atoms with van der Waals surface area (Å²) in [6.07, 6.45) is 2.35. The first-order valence-corrected chi connectivity index (χ1v) is 6.92. The lowest BCUT2D eigenvalue weighted by molar-refractivity contribution is -0.0328. The Balaban J connectivity index is 1.96. The molecule has 19 heavy (non-hydrogen) atoms. The second-order valence-electron chi connectivity index (χ2n) is 5.78. The lowest BCUT2D eigenvalue weighted by Gasteiger charge is -2.20. The Labute approximate surface area is 115 Å². The molecule has 4 nitrogen and oxygen atoms in total. The van der Waals surface area contributed by atoms with Crippen LogP contribution in [0.5, 0.6) is 5.75 Å². The minimum absolute atomic E-state index is 0.00659. The Morgan fingerprint density at radius 3 is 2.89 bits per heavy atom. The molecule has 0 saturated carbocycles. The molecular weight excluding hydrogens is 240 g/mol. The van der Waals surface area contributed by atoms with Crippen molar-refractivity contribution in [2.24, 2.45) is 0 Å². The molecule has 1 unspecified atom stereocenters. The Hall–Kier alpha value is -1.13. The van der Waals surface area contributed by atoms with Gasteiger partial charge < -0.3 is 14.8 Å². The third-order valence-electron chi connectivity index (χ3n) is 3.39. The molecule has 1 aromatic heterocycles. The molecule has 0 radical (unpaired) electrons. The highest BCUT2D eigenvalue weighted by atomic mass is 16.6. The maximum Gasteiger partial charge on any atom is 0.142 e. The largest absolute Gasteiger partial charge is 0.489 e. The SMILES string of the molecule is CNCc1nc(C)ccc1OCC1CCC(C)(C)O1. The summed E-state index contributed by atoms with van der Waals surface area (Å²) in [7, 11) is 1.91. The van der Waals surface area contributed by atoms with Crippen molar-refractivity contribution < 1.29 is 9.47 Å².